The molecule has 0 saturated heterocycles. The summed E-state index contributed by atoms with van der Waals surface area (Å²) in [6.07, 6.45) is 1.76. The highest BCUT2D eigenvalue weighted by Gasteiger charge is 2.64. The number of Topliss-reactive ketones (excluding diaryl/α,β-unsaturated/α-hetero) is 1. The third-order valence-electron chi connectivity index (χ3n) is 4.24. The minimum Gasteiger partial charge on any atom is -0.549 e. The van der Waals surface area contributed by atoms with Crippen molar-refractivity contribution in [3.63, 3.8) is 0 Å². The molecule has 2 atom stereocenters. The second kappa shape index (κ2) is 2.14. The molecule has 0 spiro atoms. The monoisotopic (exact) mass is 181 g/mol. The molecule has 2 fully saturated rings. The average molecular weight is 181 g/mol. The van der Waals surface area contributed by atoms with Crippen LogP contribution in [0.4, 0.5) is 0 Å². The van der Waals surface area contributed by atoms with Gasteiger partial charge in [-0.2, -0.15) is 0 Å². The van der Waals surface area contributed by atoms with Crippen molar-refractivity contribution >= 4 is 11.8 Å². The molecular formula is C10H13O3-. The standard InChI is InChI=1S/C10H14O3/c1-9(2)6-3-4-10(9,8(12)13)7(11)5-6/h6H,3-5H2,1-2H3,(H,12,13)/p-1/t6-,10-/m1/s1. The Hall–Kier alpha value is -0.860. The summed E-state index contributed by atoms with van der Waals surface area (Å²) in [5, 5.41) is 11.1. The zero-order valence-corrected chi connectivity index (χ0v) is 7.92. The van der Waals surface area contributed by atoms with E-state index in [4.69, 9.17) is 0 Å². The van der Waals surface area contributed by atoms with Crippen LogP contribution in [-0.4, -0.2) is 11.8 Å². The molecule has 0 N–H and O–H groups in total. The van der Waals surface area contributed by atoms with Crippen molar-refractivity contribution in [1.82, 2.24) is 0 Å². The maximum absolute atomic E-state index is 11.6. The number of hydrogen-bond donors (Lipinski definition) is 0. The molecule has 2 saturated carbocycles. The number of carbonyl (C=O) groups is 2. The van der Waals surface area contributed by atoms with Gasteiger partial charge >= 0.3 is 0 Å². The summed E-state index contributed by atoms with van der Waals surface area (Å²) in [6, 6.07) is 0. The number of rotatable bonds is 1. The molecule has 0 aromatic heterocycles. The normalized spacial score (nSPS) is 41.1. The molecule has 13 heavy (non-hydrogen) atoms. The van der Waals surface area contributed by atoms with E-state index in [1.807, 2.05) is 13.8 Å². The van der Waals surface area contributed by atoms with Crippen LogP contribution in [0, 0.1) is 16.7 Å². The van der Waals surface area contributed by atoms with Gasteiger partial charge in [0, 0.05) is 6.42 Å². The molecule has 3 heteroatoms. The Labute approximate surface area is 77.1 Å². The molecule has 0 aromatic carbocycles. The van der Waals surface area contributed by atoms with Gasteiger partial charge < -0.3 is 9.90 Å². The zero-order chi connectivity index (χ0) is 9.85. The summed E-state index contributed by atoms with van der Waals surface area (Å²) >= 11 is 0. The Bertz CT molecular complexity index is 293. The largest absolute Gasteiger partial charge is 0.549 e. The topological polar surface area (TPSA) is 57.2 Å². The first-order valence-corrected chi connectivity index (χ1v) is 4.67. The Balaban J connectivity index is 2.55. The fourth-order valence-electron chi connectivity index (χ4n) is 3.16. The lowest BCUT2D eigenvalue weighted by Gasteiger charge is -2.37. The van der Waals surface area contributed by atoms with Crippen molar-refractivity contribution in [2.75, 3.05) is 0 Å². The summed E-state index contributed by atoms with van der Waals surface area (Å²) in [5.41, 5.74) is -1.57. The number of carbonyl (C=O) groups excluding carboxylic acids is 2. The maximum atomic E-state index is 11.6. The molecule has 2 aliphatic carbocycles. The van der Waals surface area contributed by atoms with E-state index in [0.717, 1.165) is 6.42 Å². The number of ketones is 1. The van der Waals surface area contributed by atoms with E-state index in [1.54, 1.807) is 0 Å². The minimum absolute atomic E-state index is 0.117. The number of carboxylic acids is 1. The van der Waals surface area contributed by atoms with E-state index in [9.17, 15) is 14.7 Å². The van der Waals surface area contributed by atoms with Crippen LogP contribution in [0.15, 0.2) is 0 Å². The fourth-order valence-corrected chi connectivity index (χ4v) is 3.16. The van der Waals surface area contributed by atoms with Crippen LogP contribution < -0.4 is 5.11 Å². The number of aliphatic carboxylic acids is 1. The predicted octanol–water partition coefficient (Wildman–Crippen LogP) is 0.132. The van der Waals surface area contributed by atoms with Gasteiger partial charge in [0.1, 0.15) is 5.78 Å². The lowest BCUT2D eigenvalue weighted by molar-refractivity contribution is -0.320. The molecule has 0 aromatic rings. The lowest BCUT2D eigenvalue weighted by Crippen LogP contribution is -2.51. The van der Waals surface area contributed by atoms with Crippen LogP contribution >= 0.6 is 0 Å². The van der Waals surface area contributed by atoms with Crippen LogP contribution in [-0.2, 0) is 9.59 Å². The first kappa shape index (κ1) is 8.73. The van der Waals surface area contributed by atoms with Gasteiger partial charge in [-0.3, -0.25) is 4.79 Å². The van der Waals surface area contributed by atoms with Gasteiger partial charge in [-0.05, 0) is 24.2 Å². The van der Waals surface area contributed by atoms with Crippen molar-refractivity contribution < 1.29 is 14.7 Å². The second-order valence-corrected chi connectivity index (χ2v) is 4.78. The highest BCUT2D eigenvalue weighted by atomic mass is 16.4. The molecule has 0 radical (unpaired) electrons. The van der Waals surface area contributed by atoms with Crippen LogP contribution in [0.1, 0.15) is 33.1 Å². The number of hydrogen-bond acceptors (Lipinski definition) is 3. The molecule has 0 heterocycles. The van der Waals surface area contributed by atoms with Gasteiger partial charge in [0.2, 0.25) is 0 Å². The average Bonchev–Trinajstić information content (AvgIpc) is 2.35. The SMILES string of the molecule is CC1(C)[C@@H]2CC[C@]1(C(=O)[O-])C(=O)C2. The summed E-state index contributed by atoms with van der Waals surface area (Å²) < 4.78 is 0. The highest BCUT2D eigenvalue weighted by molar-refractivity contribution is 6.06. The van der Waals surface area contributed by atoms with Gasteiger partial charge in [-0.15, -0.1) is 0 Å². The van der Waals surface area contributed by atoms with Gasteiger partial charge in [0.05, 0.1) is 11.4 Å². The Morgan fingerprint density at radius 3 is 2.38 bits per heavy atom. The van der Waals surface area contributed by atoms with Gasteiger partial charge in [0.15, 0.2) is 0 Å². The Morgan fingerprint density at radius 2 is 2.15 bits per heavy atom. The van der Waals surface area contributed by atoms with Crippen molar-refractivity contribution in [2.24, 2.45) is 16.7 Å². The van der Waals surface area contributed by atoms with Crippen molar-refractivity contribution in [2.45, 2.75) is 33.1 Å². The van der Waals surface area contributed by atoms with Crippen LogP contribution in [0.2, 0.25) is 0 Å². The van der Waals surface area contributed by atoms with Crippen LogP contribution in [0.5, 0.6) is 0 Å². The molecule has 72 valence electrons. The second-order valence-electron chi connectivity index (χ2n) is 4.78. The Morgan fingerprint density at radius 1 is 1.54 bits per heavy atom. The fraction of sp³-hybridized carbons (Fsp3) is 0.800. The summed E-state index contributed by atoms with van der Waals surface area (Å²) in [4.78, 5) is 22.7. The quantitative estimate of drug-likeness (QED) is 0.540. The van der Waals surface area contributed by atoms with E-state index < -0.39 is 16.8 Å². The van der Waals surface area contributed by atoms with E-state index in [2.05, 4.69) is 0 Å². The molecule has 2 aliphatic rings. The summed E-state index contributed by atoms with van der Waals surface area (Å²) in [6.45, 7) is 3.76. The van der Waals surface area contributed by atoms with Crippen molar-refractivity contribution in [1.29, 1.82) is 0 Å². The molecule has 0 aliphatic heterocycles. The smallest absolute Gasteiger partial charge is 0.145 e. The molecule has 2 bridgehead atoms. The third-order valence-corrected chi connectivity index (χ3v) is 4.24. The zero-order valence-electron chi connectivity index (χ0n) is 7.92. The van der Waals surface area contributed by atoms with Crippen LogP contribution in [0.25, 0.3) is 0 Å². The summed E-state index contributed by atoms with van der Waals surface area (Å²) in [7, 11) is 0. The molecule has 0 unspecified atom stereocenters. The van der Waals surface area contributed by atoms with Gasteiger partial charge in [-0.25, -0.2) is 0 Å². The molecule has 3 nitrogen and oxygen atoms in total. The number of fused-ring (bicyclic) bond motifs is 2. The predicted molar refractivity (Wildman–Crippen MR) is 43.6 cm³/mol. The number of carboxylic acid groups (broad SMARTS) is 1. The molecule has 2 rings (SSSR count). The first-order chi connectivity index (χ1) is 5.93. The minimum atomic E-state index is -1.17. The summed E-state index contributed by atoms with van der Waals surface area (Å²) in [5.74, 6) is -1.03. The Kier molecular flexibility index (Phi) is 1.44. The van der Waals surface area contributed by atoms with Crippen molar-refractivity contribution in [3.05, 3.63) is 0 Å². The van der Waals surface area contributed by atoms with E-state index in [-0.39, 0.29) is 11.7 Å². The maximum Gasteiger partial charge on any atom is 0.145 e. The van der Waals surface area contributed by atoms with E-state index in [1.165, 1.54) is 0 Å². The van der Waals surface area contributed by atoms with E-state index >= 15 is 0 Å². The van der Waals surface area contributed by atoms with Gasteiger partial charge in [0.25, 0.3) is 0 Å². The van der Waals surface area contributed by atoms with Crippen molar-refractivity contribution in [3.8, 4) is 0 Å². The van der Waals surface area contributed by atoms with Crippen LogP contribution in [0.3, 0.4) is 0 Å². The highest BCUT2D eigenvalue weighted by Crippen LogP contribution is 2.63. The molecular weight excluding hydrogens is 168 g/mol. The lowest BCUT2D eigenvalue weighted by atomic mass is 9.69. The first-order valence-electron chi connectivity index (χ1n) is 4.67. The third kappa shape index (κ3) is 0.713. The van der Waals surface area contributed by atoms with Gasteiger partial charge in [-0.1, -0.05) is 13.8 Å². The molecule has 0 amide bonds. The van der Waals surface area contributed by atoms with E-state index in [0.29, 0.717) is 12.8 Å².